The van der Waals surface area contributed by atoms with Crippen LogP contribution >= 0.6 is 0 Å². The van der Waals surface area contributed by atoms with E-state index in [9.17, 15) is 4.79 Å². The molecule has 0 heterocycles. The van der Waals surface area contributed by atoms with Crippen LogP contribution in [0.15, 0.2) is 30.3 Å². The van der Waals surface area contributed by atoms with Crippen LogP contribution in [0.1, 0.15) is 18.4 Å². The molecular formula is C12H9FeNO5. The molecule has 0 bridgehead atoms. The van der Waals surface area contributed by atoms with Gasteiger partial charge in [-0.1, -0.05) is 42.8 Å². The smallest absolute Gasteiger partial charge is 0.577 e. The first kappa shape index (κ1) is 30.3. The number of benzene rings is 1. The van der Waals surface area contributed by atoms with E-state index in [-0.39, 0.29) is 23.0 Å². The Morgan fingerprint density at radius 3 is 1.58 bits per heavy atom. The second-order valence-electron chi connectivity index (χ2n) is 2.25. The Bertz CT molecular complexity index is 323. The normalized spacial score (nSPS) is 7.11. The van der Waals surface area contributed by atoms with E-state index in [1.165, 1.54) is 0 Å². The second kappa shape index (κ2) is 36.0. The fourth-order valence-corrected chi connectivity index (χ4v) is 0.810. The van der Waals surface area contributed by atoms with Crippen LogP contribution in [0.3, 0.4) is 0 Å². The molecule has 1 unspecified atom stereocenters. The molecule has 7 heteroatoms. The van der Waals surface area contributed by atoms with E-state index in [0.717, 1.165) is 5.56 Å². The number of nitrogens with zero attached hydrogens (tertiary/aromatic N) is 1. The van der Waals surface area contributed by atoms with Crippen molar-refractivity contribution in [2.45, 2.75) is 12.8 Å². The van der Waals surface area contributed by atoms with Crippen LogP contribution in [0, 0.1) is 24.9 Å². The number of hydrogen-bond donors (Lipinski definition) is 0. The molecule has 0 aliphatic carbocycles. The predicted octanol–water partition coefficient (Wildman–Crippen LogP) is 2.11. The van der Waals surface area contributed by atoms with Crippen molar-refractivity contribution < 1.29 is 35.8 Å². The maximum Gasteiger partial charge on any atom is 2.00 e. The van der Waals surface area contributed by atoms with Gasteiger partial charge in [0.1, 0.15) is 0 Å². The Morgan fingerprint density at radius 2 is 1.32 bits per heavy atom. The molecule has 0 N–H and O–H groups in total. The molecule has 0 radical (unpaired) electrons. The summed E-state index contributed by atoms with van der Waals surface area (Å²) in [5.41, 5.74) is 6.78. The third-order valence-corrected chi connectivity index (χ3v) is 1.48. The summed E-state index contributed by atoms with van der Waals surface area (Å²) in [7, 11) is 0. The monoisotopic (exact) mass is 303 g/mol. The van der Waals surface area contributed by atoms with Crippen LogP contribution in [0.2, 0.25) is 0 Å². The number of carbonyl (C=O) groups excluding carboxylic acids is 1. The van der Waals surface area contributed by atoms with Crippen molar-refractivity contribution in [2.75, 3.05) is 0 Å². The minimum atomic E-state index is -0.0961. The second-order valence-corrected chi connectivity index (χ2v) is 2.25. The average molecular weight is 303 g/mol. The summed E-state index contributed by atoms with van der Waals surface area (Å²) < 4.78 is 22.5. The van der Waals surface area contributed by atoms with Crippen LogP contribution in [-0.4, -0.2) is 6.29 Å². The first-order valence-corrected chi connectivity index (χ1v) is 4.06. The Balaban J connectivity index is -0.0000000628. The zero-order valence-electron chi connectivity index (χ0n) is 9.81. The van der Waals surface area contributed by atoms with Crippen LogP contribution in [-0.2, 0) is 35.8 Å². The van der Waals surface area contributed by atoms with E-state index in [2.05, 4.69) is 20.0 Å². The molecule has 0 fully saturated rings. The minimum Gasteiger partial charge on any atom is -0.577 e. The molecule has 0 aliphatic rings. The summed E-state index contributed by atoms with van der Waals surface area (Å²) in [5.74, 6) is -0.0961. The first-order valence-electron chi connectivity index (χ1n) is 4.06. The van der Waals surface area contributed by atoms with Crippen LogP contribution in [0.25, 0.3) is 5.59 Å². The van der Waals surface area contributed by atoms with Gasteiger partial charge in [0.2, 0.25) is 0 Å². The van der Waals surface area contributed by atoms with Crippen LogP contribution in [0.4, 0.5) is 0 Å². The van der Waals surface area contributed by atoms with Gasteiger partial charge in [-0.25, -0.2) is 0 Å². The zero-order valence-corrected chi connectivity index (χ0v) is 10.9. The zero-order chi connectivity index (χ0) is 15.4. The number of rotatable bonds is 2. The van der Waals surface area contributed by atoms with E-state index in [4.69, 9.17) is 24.5 Å². The van der Waals surface area contributed by atoms with Crippen molar-refractivity contribution >= 4 is 6.29 Å². The molecule has 1 atom stereocenters. The third kappa shape index (κ3) is 22.0. The molecule has 0 aliphatic heterocycles. The fraction of sp³-hybridized carbons (Fsp3) is 0.167. The van der Waals surface area contributed by atoms with Gasteiger partial charge in [0.05, 0.1) is 0 Å². The average Bonchev–Trinajstić information content (AvgIpc) is 2.55. The van der Waals surface area contributed by atoms with Gasteiger partial charge in [0, 0.05) is 0 Å². The van der Waals surface area contributed by atoms with Gasteiger partial charge in [-0.2, -0.15) is 0 Å². The van der Waals surface area contributed by atoms with Gasteiger partial charge < -0.3 is 15.3 Å². The number of nitroso groups, excluding NO2 is 1. The molecule has 19 heavy (non-hydrogen) atoms. The largest absolute Gasteiger partial charge is 2.00 e. The third-order valence-electron chi connectivity index (χ3n) is 1.48. The quantitative estimate of drug-likeness (QED) is 0.472. The summed E-state index contributed by atoms with van der Waals surface area (Å²) in [6, 6.07) is 9.62. The Kier molecular flexibility index (Phi) is 57.4. The number of hydrogen-bond acceptors (Lipinski definition) is 2. The Labute approximate surface area is 122 Å². The molecular weight excluding hydrogens is 294 g/mol. The van der Waals surface area contributed by atoms with Gasteiger partial charge in [-0.15, -0.1) is 5.92 Å². The molecule has 1 rings (SSSR count). The standard InChI is InChI=1S/C9H9O.3CO.Fe.NO/c1-8(7-10)9-5-3-2-4-6-9;3*1-2;;1-2/h2-6,8H,1H3;;;;;/q-1;;;;+2;-1. The summed E-state index contributed by atoms with van der Waals surface area (Å²) in [6.07, 6.45) is 1.93. The molecule has 6 nitrogen and oxygen atoms in total. The summed E-state index contributed by atoms with van der Waals surface area (Å²) in [4.78, 5) is 17.4. The maximum atomic E-state index is 10.2. The molecule has 0 saturated carbocycles. The van der Waals surface area contributed by atoms with Gasteiger partial charge in [-0.05, 0) is 0 Å². The molecule has 1 aromatic carbocycles. The van der Waals surface area contributed by atoms with Gasteiger partial charge in [-0.3, -0.25) is 6.29 Å². The van der Waals surface area contributed by atoms with Crippen molar-refractivity contribution in [3.8, 4) is 0 Å². The van der Waals surface area contributed by atoms with Crippen molar-refractivity contribution in [1.82, 2.24) is 0 Å². The molecule has 0 aromatic heterocycles. The molecule has 100 valence electrons. The van der Waals surface area contributed by atoms with Crippen LogP contribution in [0.5, 0.6) is 0 Å². The molecule has 0 saturated heterocycles. The van der Waals surface area contributed by atoms with E-state index < -0.39 is 0 Å². The van der Waals surface area contributed by atoms with E-state index in [1.807, 2.05) is 43.5 Å². The van der Waals surface area contributed by atoms with Crippen molar-refractivity contribution in [1.29, 1.82) is 0 Å². The van der Waals surface area contributed by atoms with E-state index >= 15 is 0 Å². The molecule has 0 spiro atoms. The fourth-order valence-electron chi connectivity index (χ4n) is 0.810. The Morgan fingerprint density at radius 1 is 1.00 bits per heavy atom. The molecule has 0 amide bonds. The van der Waals surface area contributed by atoms with Crippen molar-refractivity contribution in [3.63, 3.8) is 0 Å². The van der Waals surface area contributed by atoms with E-state index in [1.54, 1.807) is 0 Å². The van der Waals surface area contributed by atoms with Gasteiger partial charge in [0.25, 0.3) is 0 Å². The molecule has 1 aromatic rings. The van der Waals surface area contributed by atoms with Crippen molar-refractivity contribution in [3.05, 3.63) is 66.3 Å². The first-order chi connectivity index (χ1) is 8.84. The topological polar surface area (TPSA) is 116 Å². The van der Waals surface area contributed by atoms with Gasteiger partial charge >= 0.3 is 51.0 Å². The van der Waals surface area contributed by atoms with Crippen molar-refractivity contribution in [2.24, 2.45) is 0 Å². The van der Waals surface area contributed by atoms with Crippen LogP contribution < -0.4 is 0 Å². The SMILES string of the molecule is CC([C-]=O)c1ccccc1.[C-]#[O+].[C-]#[O+].[C-]#[O+].[Fe+2].[N-]=O. The van der Waals surface area contributed by atoms with E-state index in [0.29, 0.717) is 0 Å². The summed E-state index contributed by atoms with van der Waals surface area (Å²) >= 11 is 0. The maximum absolute atomic E-state index is 10.2. The Hall–Kier alpha value is -1.77. The van der Waals surface area contributed by atoms with Gasteiger partial charge in [0.15, 0.2) is 0 Å². The predicted molar refractivity (Wildman–Crippen MR) is 59.1 cm³/mol. The minimum absolute atomic E-state index is 0. The summed E-state index contributed by atoms with van der Waals surface area (Å²) in [5, 5.41) is 0. The summed E-state index contributed by atoms with van der Waals surface area (Å²) in [6.45, 7) is 15.3.